The summed E-state index contributed by atoms with van der Waals surface area (Å²) in [7, 11) is 0. The van der Waals surface area contributed by atoms with Gasteiger partial charge in [-0.05, 0) is 42.0 Å². The minimum atomic E-state index is -1.86. The van der Waals surface area contributed by atoms with Gasteiger partial charge in [-0.3, -0.25) is 4.79 Å². The van der Waals surface area contributed by atoms with E-state index in [9.17, 15) is 14.3 Å². The van der Waals surface area contributed by atoms with E-state index in [1.165, 1.54) is 11.6 Å². The number of hydrogen-bond acceptors (Lipinski definition) is 3. The van der Waals surface area contributed by atoms with E-state index >= 15 is 0 Å². The number of amides is 1. The van der Waals surface area contributed by atoms with E-state index in [1.807, 2.05) is 12.1 Å². The molecule has 2 aromatic carbocycles. The van der Waals surface area contributed by atoms with Crippen molar-refractivity contribution < 1.29 is 19.0 Å². The minimum absolute atomic E-state index is 0.187. The molecule has 1 aliphatic carbocycles. The van der Waals surface area contributed by atoms with E-state index in [-0.39, 0.29) is 11.3 Å². The van der Waals surface area contributed by atoms with Crippen LogP contribution < -0.4 is 10.1 Å². The molecular formula is C19H16FNO3. The van der Waals surface area contributed by atoms with Crippen LogP contribution in [0.4, 0.5) is 10.1 Å². The molecule has 0 spiro atoms. The predicted octanol–water partition coefficient (Wildman–Crippen LogP) is 2.44. The number of halogens is 1. The van der Waals surface area contributed by atoms with E-state index in [0.717, 1.165) is 24.8 Å². The summed E-state index contributed by atoms with van der Waals surface area (Å²) in [5.41, 5.74) is 2.48. The van der Waals surface area contributed by atoms with E-state index in [1.54, 1.807) is 6.07 Å². The molecule has 5 rings (SSSR count). The zero-order chi connectivity index (χ0) is 16.5. The lowest BCUT2D eigenvalue weighted by molar-refractivity contribution is -0.129. The number of aryl methyl sites for hydroxylation is 2. The Morgan fingerprint density at radius 2 is 2.00 bits per heavy atom. The second kappa shape index (κ2) is 4.57. The Labute approximate surface area is 138 Å². The summed E-state index contributed by atoms with van der Waals surface area (Å²) in [4.78, 5) is 12.6. The van der Waals surface area contributed by atoms with Gasteiger partial charge in [-0.25, -0.2) is 4.39 Å². The van der Waals surface area contributed by atoms with Gasteiger partial charge in [-0.2, -0.15) is 0 Å². The first kappa shape index (κ1) is 14.0. The highest BCUT2D eigenvalue weighted by Crippen LogP contribution is 2.48. The highest BCUT2D eigenvalue weighted by atomic mass is 19.1. The largest absolute Gasteiger partial charge is 0.490 e. The summed E-state index contributed by atoms with van der Waals surface area (Å²) in [6.07, 6.45) is 3.58. The van der Waals surface area contributed by atoms with Gasteiger partial charge in [0.15, 0.2) is 17.2 Å². The molecule has 4 nitrogen and oxygen atoms in total. The van der Waals surface area contributed by atoms with Crippen LogP contribution in [0.3, 0.4) is 0 Å². The molecule has 0 fully saturated rings. The Bertz CT molecular complexity index is 908. The monoisotopic (exact) mass is 325 g/mol. The fourth-order valence-electron chi connectivity index (χ4n) is 4.17. The highest BCUT2D eigenvalue weighted by Gasteiger charge is 2.49. The van der Waals surface area contributed by atoms with Crippen molar-refractivity contribution in [2.75, 3.05) is 11.9 Å². The van der Waals surface area contributed by atoms with Gasteiger partial charge in [-0.15, -0.1) is 0 Å². The normalized spacial score (nSPS) is 23.5. The van der Waals surface area contributed by atoms with Crippen molar-refractivity contribution >= 4 is 11.6 Å². The molecular weight excluding hydrogens is 309 g/mol. The first-order valence-corrected chi connectivity index (χ1v) is 8.24. The van der Waals surface area contributed by atoms with Crippen molar-refractivity contribution in [2.45, 2.75) is 31.3 Å². The van der Waals surface area contributed by atoms with Crippen LogP contribution >= 0.6 is 0 Å². The molecule has 0 saturated heterocycles. The van der Waals surface area contributed by atoms with Gasteiger partial charge in [0, 0.05) is 17.5 Å². The summed E-state index contributed by atoms with van der Waals surface area (Å²) in [5.74, 6) is -0.875. The number of ether oxygens (including phenoxy) is 1. The molecule has 2 aliphatic heterocycles. The van der Waals surface area contributed by atoms with Crippen LogP contribution in [0, 0.1) is 5.82 Å². The molecule has 24 heavy (non-hydrogen) atoms. The van der Waals surface area contributed by atoms with Crippen molar-refractivity contribution in [1.29, 1.82) is 0 Å². The molecule has 2 aromatic rings. The summed E-state index contributed by atoms with van der Waals surface area (Å²) >= 11 is 0. The van der Waals surface area contributed by atoms with Gasteiger partial charge >= 0.3 is 0 Å². The van der Waals surface area contributed by atoms with Gasteiger partial charge in [0.1, 0.15) is 0 Å². The molecule has 0 aromatic heterocycles. The molecule has 3 aliphatic rings. The van der Waals surface area contributed by atoms with Crippen molar-refractivity contribution in [3.63, 3.8) is 0 Å². The van der Waals surface area contributed by atoms with Gasteiger partial charge in [-0.1, -0.05) is 18.2 Å². The van der Waals surface area contributed by atoms with Crippen LogP contribution in [0.1, 0.15) is 34.2 Å². The van der Waals surface area contributed by atoms with E-state index < -0.39 is 17.3 Å². The second-order valence-corrected chi connectivity index (χ2v) is 6.69. The number of hydrogen-bond donors (Lipinski definition) is 2. The third kappa shape index (κ3) is 1.62. The first-order chi connectivity index (χ1) is 11.6. The Morgan fingerprint density at radius 1 is 1.17 bits per heavy atom. The second-order valence-electron chi connectivity index (χ2n) is 6.69. The Kier molecular flexibility index (Phi) is 2.66. The Balaban J connectivity index is 1.73. The molecule has 1 amide bonds. The number of benzene rings is 2. The van der Waals surface area contributed by atoms with Crippen LogP contribution in [-0.4, -0.2) is 17.6 Å². The Hall–Kier alpha value is -2.40. The van der Waals surface area contributed by atoms with Crippen LogP contribution in [0.25, 0.3) is 0 Å². The minimum Gasteiger partial charge on any atom is -0.490 e. The maximum Gasteiger partial charge on any atom is 0.265 e. The van der Waals surface area contributed by atoms with Crippen LogP contribution in [0.5, 0.6) is 5.75 Å². The van der Waals surface area contributed by atoms with Gasteiger partial charge < -0.3 is 15.2 Å². The fourth-order valence-corrected chi connectivity index (χ4v) is 4.17. The molecule has 0 bridgehead atoms. The van der Waals surface area contributed by atoms with Crippen LogP contribution in [0.2, 0.25) is 0 Å². The van der Waals surface area contributed by atoms with Crippen LogP contribution in [-0.2, 0) is 29.7 Å². The zero-order valence-corrected chi connectivity index (χ0v) is 13.0. The van der Waals surface area contributed by atoms with Gasteiger partial charge in [0.25, 0.3) is 5.91 Å². The smallest absolute Gasteiger partial charge is 0.265 e. The third-order valence-electron chi connectivity index (χ3n) is 5.40. The number of nitrogens with one attached hydrogen (secondary N) is 1. The number of aliphatic hydroxyl groups is 1. The maximum atomic E-state index is 14.4. The lowest BCUT2D eigenvalue weighted by Gasteiger charge is -2.22. The van der Waals surface area contributed by atoms with E-state index in [4.69, 9.17) is 4.74 Å². The molecule has 1 atom stereocenters. The lowest BCUT2D eigenvalue weighted by Crippen LogP contribution is -2.35. The summed E-state index contributed by atoms with van der Waals surface area (Å²) in [5, 5.41) is 14.0. The van der Waals surface area contributed by atoms with Crippen LogP contribution in [0.15, 0.2) is 24.3 Å². The average Bonchev–Trinajstić information content (AvgIpc) is 3.28. The summed E-state index contributed by atoms with van der Waals surface area (Å²) in [6, 6.07) is 6.86. The quantitative estimate of drug-likeness (QED) is 0.847. The number of anilines is 1. The number of carbonyl (C=O) groups excluding carboxylic acids is 1. The lowest BCUT2D eigenvalue weighted by atomic mass is 9.85. The summed E-state index contributed by atoms with van der Waals surface area (Å²) in [6.45, 7) is 0.385. The number of fused-ring (bicyclic) bond motifs is 4. The first-order valence-electron chi connectivity index (χ1n) is 8.24. The highest BCUT2D eigenvalue weighted by molar-refractivity contribution is 6.08. The molecule has 0 radical (unpaired) electrons. The fraction of sp³-hybridized carbons (Fsp3) is 0.316. The van der Waals surface area contributed by atoms with Crippen molar-refractivity contribution in [3.8, 4) is 5.75 Å². The van der Waals surface area contributed by atoms with Gasteiger partial charge in [0.05, 0.1) is 12.3 Å². The maximum absolute atomic E-state index is 14.4. The van der Waals surface area contributed by atoms with Crippen molar-refractivity contribution in [1.82, 2.24) is 0 Å². The van der Waals surface area contributed by atoms with E-state index in [0.29, 0.717) is 29.8 Å². The molecule has 0 saturated carbocycles. The topological polar surface area (TPSA) is 58.6 Å². The molecule has 1 unspecified atom stereocenters. The SMILES string of the molecule is O=C1Nc2c(cc(F)c3c2CCO3)C1(O)c1ccc2c(c1)CCC2. The molecule has 2 heterocycles. The van der Waals surface area contributed by atoms with Gasteiger partial charge in [0.2, 0.25) is 0 Å². The molecule has 122 valence electrons. The number of rotatable bonds is 1. The van der Waals surface area contributed by atoms with E-state index in [2.05, 4.69) is 5.32 Å². The Morgan fingerprint density at radius 3 is 2.88 bits per heavy atom. The predicted molar refractivity (Wildman–Crippen MR) is 85.7 cm³/mol. The number of carbonyl (C=O) groups is 1. The van der Waals surface area contributed by atoms with Crippen molar-refractivity contribution in [2.24, 2.45) is 0 Å². The van der Waals surface area contributed by atoms with Crippen molar-refractivity contribution in [3.05, 3.63) is 57.9 Å². The zero-order valence-electron chi connectivity index (χ0n) is 13.0. The third-order valence-corrected chi connectivity index (χ3v) is 5.40. The molecule has 5 heteroatoms. The standard InChI is InChI=1S/C19H16FNO3/c20-15-9-14-16(13-6-7-24-17(13)15)21-18(22)19(14,23)12-5-4-10-2-1-3-11(10)8-12/h4-5,8-9,23H,1-3,6-7H2,(H,21,22). The molecule has 2 N–H and O–H groups in total. The summed E-state index contributed by atoms with van der Waals surface area (Å²) < 4.78 is 19.7. The average molecular weight is 325 g/mol.